The summed E-state index contributed by atoms with van der Waals surface area (Å²) in [6, 6.07) is 5.80. The second-order valence-electron chi connectivity index (χ2n) is 9.65. The molecule has 0 saturated carbocycles. The number of aryl methyl sites for hydroxylation is 1. The maximum Gasteiger partial charge on any atom is 0.280 e. The third-order valence-corrected chi connectivity index (χ3v) is 6.57. The molecule has 3 N–H and O–H groups in total. The molecule has 0 unspecified atom stereocenters. The Balaban J connectivity index is 2.03. The molecule has 0 radical (unpaired) electrons. The van der Waals surface area contributed by atoms with Gasteiger partial charge in [-0.25, -0.2) is 4.98 Å². The van der Waals surface area contributed by atoms with Gasteiger partial charge in [-0.05, 0) is 77.6 Å². The zero-order valence-corrected chi connectivity index (χ0v) is 20.6. The van der Waals surface area contributed by atoms with E-state index in [2.05, 4.69) is 42.5 Å². The van der Waals surface area contributed by atoms with E-state index in [1.807, 2.05) is 30.9 Å². The SMILES string of the molecule is Cc1cc(NC(C)(C)C)ccc1-c1sc(C(=O)N[C@@H](C)CO)nc1C(=O)N1CCC[C@@H]1C. The number of benzene rings is 1. The molecule has 7 nitrogen and oxygen atoms in total. The van der Waals surface area contributed by atoms with Crippen LogP contribution in [0.4, 0.5) is 5.69 Å². The maximum atomic E-state index is 13.4. The quantitative estimate of drug-likeness (QED) is 0.607. The summed E-state index contributed by atoms with van der Waals surface area (Å²) in [6.45, 7) is 12.6. The molecule has 0 bridgehead atoms. The molecule has 8 heteroatoms. The predicted molar refractivity (Wildman–Crippen MR) is 129 cm³/mol. The molecule has 1 fully saturated rings. The number of amides is 2. The van der Waals surface area contributed by atoms with Crippen LogP contribution in [0.3, 0.4) is 0 Å². The molecule has 2 heterocycles. The van der Waals surface area contributed by atoms with Crippen LogP contribution in [0.15, 0.2) is 18.2 Å². The minimum Gasteiger partial charge on any atom is -0.394 e. The lowest BCUT2D eigenvalue weighted by Crippen LogP contribution is -2.35. The van der Waals surface area contributed by atoms with Gasteiger partial charge in [0, 0.05) is 29.9 Å². The summed E-state index contributed by atoms with van der Waals surface area (Å²) in [5, 5.41) is 15.7. The van der Waals surface area contributed by atoms with Crippen molar-refractivity contribution < 1.29 is 14.7 Å². The van der Waals surface area contributed by atoms with Crippen molar-refractivity contribution in [2.75, 3.05) is 18.5 Å². The molecule has 2 aromatic rings. The van der Waals surface area contributed by atoms with Crippen LogP contribution in [0.25, 0.3) is 10.4 Å². The van der Waals surface area contributed by atoms with Crippen molar-refractivity contribution in [3.8, 4) is 10.4 Å². The Bertz CT molecular complexity index is 996. The van der Waals surface area contributed by atoms with Gasteiger partial charge in [0.15, 0.2) is 5.01 Å². The van der Waals surface area contributed by atoms with Gasteiger partial charge in [0.25, 0.3) is 11.8 Å². The van der Waals surface area contributed by atoms with Gasteiger partial charge in [-0.1, -0.05) is 6.07 Å². The van der Waals surface area contributed by atoms with Gasteiger partial charge in [-0.2, -0.15) is 0 Å². The smallest absolute Gasteiger partial charge is 0.280 e. The monoisotopic (exact) mass is 458 g/mol. The van der Waals surface area contributed by atoms with Crippen LogP contribution < -0.4 is 10.6 Å². The molecular weight excluding hydrogens is 424 g/mol. The second-order valence-corrected chi connectivity index (χ2v) is 10.6. The van der Waals surface area contributed by atoms with Crippen LogP contribution in [0.5, 0.6) is 0 Å². The molecule has 1 aliphatic rings. The summed E-state index contributed by atoms with van der Waals surface area (Å²) in [5.74, 6) is -0.512. The highest BCUT2D eigenvalue weighted by Crippen LogP contribution is 2.36. The van der Waals surface area contributed by atoms with E-state index in [4.69, 9.17) is 0 Å². The Morgan fingerprint density at radius 3 is 2.62 bits per heavy atom. The second kappa shape index (κ2) is 9.58. The average molecular weight is 459 g/mol. The largest absolute Gasteiger partial charge is 0.394 e. The predicted octanol–water partition coefficient (Wildman–Crippen LogP) is 4.06. The normalized spacial score (nSPS) is 17.3. The lowest BCUT2D eigenvalue weighted by atomic mass is 10.0. The van der Waals surface area contributed by atoms with E-state index in [1.165, 1.54) is 11.3 Å². The number of anilines is 1. The van der Waals surface area contributed by atoms with E-state index in [0.29, 0.717) is 17.1 Å². The molecule has 174 valence electrons. The van der Waals surface area contributed by atoms with E-state index >= 15 is 0 Å². The molecule has 1 aromatic heterocycles. The minimum absolute atomic E-state index is 0.0693. The lowest BCUT2D eigenvalue weighted by molar-refractivity contribution is 0.0743. The number of aromatic nitrogens is 1. The van der Waals surface area contributed by atoms with Crippen molar-refractivity contribution in [1.29, 1.82) is 0 Å². The van der Waals surface area contributed by atoms with Crippen molar-refractivity contribution in [1.82, 2.24) is 15.2 Å². The summed E-state index contributed by atoms with van der Waals surface area (Å²) in [7, 11) is 0. The van der Waals surface area contributed by atoms with Gasteiger partial charge in [0.2, 0.25) is 0 Å². The molecule has 1 saturated heterocycles. The number of aliphatic hydroxyl groups excluding tert-OH is 1. The van der Waals surface area contributed by atoms with E-state index < -0.39 is 6.04 Å². The number of carbonyl (C=O) groups excluding carboxylic acids is 2. The Hall–Kier alpha value is -2.45. The lowest BCUT2D eigenvalue weighted by Gasteiger charge is -2.23. The highest BCUT2D eigenvalue weighted by molar-refractivity contribution is 7.17. The topological polar surface area (TPSA) is 94.6 Å². The number of rotatable bonds is 6. The van der Waals surface area contributed by atoms with Crippen molar-refractivity contribution in [3.05, 3.63) is 34.5 Å². The van der Waals surface area contributed by atoms with Crippen molar-refractivity contribution in [2.24, 2.45) is 0 Å². The van der Waals surface area contributed by atoms with Gasteiger partial charge in [0.1, 0.15) is 5.69 Å². The zero-order valence-electron chi connectivity index (χ0n) is 19.8. The Morgan fingerprint density at radius 2 is 2.06 bits per heavy atom. The summed E-state index contributed by atoms with van der Waals surface area (Å²) in [6.07, 6.45) is 1.94. The number of nitrogens with one attached hydrogen (secondary N) is 2. The number of nitrogens with zero attached hydrogens (tertiary/aromatic N) is 2. The maximum absolute atomic E-state index is 13.4. The fraction of sp³-hybridized carbons (Fsp3) is 0.542. The molecule has 0 aliphatic carbocycles. The molecular formula is C24H34N4O3S. The molecule has 1 aromatic carbocycles. The van der Waals surface area contributed by atoms with Crippen LogP contribution in [-0.2, 0) is 0 Å². The Morgan fingerprint density at radius 1 is 1.34 bits per heavy atom. The van der Waals surface area contributed by atoms with Gasteiger partial charge < -0.3 is 20.6 Å². The molecule has 0 spiro atoms. The van der Waals surface area contributed by atoms with Crippen molar-refractivity contribution in [2.45, 2.75) is 72.0 Å². The van der Waals surface area contributed by atoms with Crippen LogP contribution in [0.1, 0.15) is 73.3 Å². The minimum atomic E-state index is -0.392. The average Bonchev–Trinajstić information content (AvgIpc) is 3.33. The number of carbonyl (C=O) groups is 2. The number of likely N-dealkylation sites (tertiary alicyclic amines) is 1. The highest BCUT2D eigenvalue weighted by Gasteiger charge is 2.32. The number of hydrogen-bond donors (Lipinski definition) is 3. The fourth-order valence-corrected chi connectivity index (χ4v) is 4.93. The van der Waals surface area contributed by atoms with Gasteiger partial charge >= 0.3 is 0 Å². The molecule has 2 amide bonds. The van der Waals surface area contributed by atoms with Crippen molar-refractivity contribution in [3.63, 3.8) is 0 Å². The highest BCUT2D eigenvalue weighted by atomic mass is 32.1. The van der Waals surface area contributed by atoms with E-state index in [0.717, 1.165) is 29.7 Å². The first-order valence-corrected chi connectivity index (χ1v) is 11.9. The number of thiazole rings is 1. The molecule has 1 aliphatic heterocycles. The summed E-state index contributed by atoms with van der Waals surface area (Å²) in [4.78, 5) is 33.2. The standard InChI is InChI=1S/C24H34N4O3S/c1-14-12-17(27-24(4,5)6)9-10-18(14)20-19(23(31)28-11-7-8-16(28)3)26-22(32-20)21(30)25-15(2)13-29/h9-10,12,15-16,27,29H,7-8,11,13H2,1-6H3,(H,25,30)/t15-,16-/m0/s1. The summed E-state index contributed by atoms with van der Waals surface area (Å²) < 4.78 is 0. The molecule has 2 atom stereocenters. The third kappa shape index (κ3) is 5.48. The Kier molecular flexibility index (Phi) is 7.25. The van der Waals surface area contributed by atoms with Gasteiger partial charge in [-0.3, -0.25) is 9.59 Å². The first-order valence-electron chi connectivity index (χ1n) is 11.1. The van der Waals surface area contributed by atoms with Crippen LogP contribution in [0, 0.1) is 6.92 Å². The van der Waals surface area contributed by atoms with E-state index in [1.54, 1.807) is 6.92 Å². The van der Waals surface area contributed by atoms with Crippen LogP contribution in [0.2, 0.25) is 0 Å². The van der Waals surface area contributed by atoms with E-state index in [-0.39, 0.29) is 35.0 Å². The fourth-order valence-electron chi connectivity index (χ4n) is 3.88. The Labute approximate surface area is 194 Å². The summed E-state index contributed by atoms with van der Waals surface area (Å²) >= 11 is 1.22. The van der Waals surface area contributed by atoms with Gasteiger partial charge in [-0.15, -0.1) is 11.3 Å². The first kappa shape index (κ1) is 24.2. The molecule has 3 rings (SSSR count). The van der Waals surface area contributed by atoms with Crippen molar-refractivity contribution >= 4 is 28.8 Å². The number of aliphatic hydroxyl groups is 1. The summed E-state index contributed by atoms with van der Waals surface area (Å²) in [5.41, 5.74) is 3.15. The van der Waals surface area contributed by atoms with Gasteiger partial charge in [0.05, 0.1) is 11.5 Å². The number of hydrogen-bond acceptors (Lipinski definition) is 6. The third-order valence-electron chi connectivity index (χ3n) is 5.48. The van der Waals surface area contributed by atoms with E-state index in [9.17, 15) is 14.7 Å². The molecule has 32 heavy (non-hydrogen) atoms. The van der Waals surface area contributed by atoms with Crippen LogP contribution in [-0.4, -0.2) is 57.6 Å². The zero-order chi connectivity index (χ0) is 23.6. The van der Waals surface area contributed by atoms with Crippen LogP contribution >= 0.6 is 11.3 Å². The first-order chi connectivity index (χ1) is 15.0.